The summed E-state index contributed by atoms with van der Waals surface area (Å²) in [6.45, 7) is 0.414. The number of rotatable bonds is 14. The first-order chi connectivity index (χ1) is 22.7. The number of anilines is 1. The van der Waals surface area contributed by atoms with E-state index < -0.39 is 27.9 Å². The van der Waals surface area contributed by atoms with Crippen molar-refractivity contribution >= 4 is 39.3 Å². The van der Waals surface area contributed by atoms with E-state index in [-0.39, 0.29) is 23.6 Å². The number of aliphatic carboxylic acids is 1. The summed E-state index contributed by atoms with van der Waals surface area (Å²) >= 11 is 1.49. The van der Waals surface area contributed by atoms with Crippen molar-refractivity contribution in [3.8, 4) is 17.4 Å². The topological polar surface area (TPSA) is 159 Å². The molecule has 0 unspecified atom stereocenters. The van der Waals surface area contributed by atoms with Gasteiger partial charge < -0.3 is 19.4 Å². The molecule has 2 N–H and O–H groups in total. The van der Waals surface area contributed by atoms with E-state index in [0.717, 1.165) is 5.56 Å². The van der Waals surface area contributed by atoms with Crippen LogP contribution < -0.4 is 9.62 Å². The number of nitriles is 1. The number of thioether (sulfide) groups is 1. The van der Waals surface area contributed by atoms with E-state index in [0.29, 0.717) is 40.6 Å². The number of furan rings is 1. The van der Waals surface area contributed by atoms with Gasteiger partial charge in [0.15, 0.2) is 5.76 Å². The van der Waals surface area contributed by atoms with Crippen LogP contribution in [0.4, 0.5) is 5.69 Å². The SMILES string of the molecule is CSCC[C@H](NC(=O)c1ccc(-c2ccc(N(Cc3cncn3Cc3ccc(C#N)cc3)S(=O)(=O)c3ccccc3)cc2)o1)C(=O)O. The van der Waals surface area contributed by atoms with Crippen molar-refractivity contribution in [3.05, 3.63) is 126 Å². The van der Waals surface area contributed by atoms with Gasteiger partial charge in [-0.25, -0.2) is 18.2 Å². The number of carboxylic acids is 1. The van der Waals surface area contributed by atoms with E-state index >= 15 is 0 Å². The van der Waals surface area contributed by atoms with Crippen LogP contribution in [0.5, 0.6) is 0 Å². The van der Waals surface area contributed by atoms with E-state index in [1.54, 1.807) is 73.2 Å². The van der Waals surface area contributed by atoms with Crippen LogP contribution >= 0.6 is 11.8 Å². The maximum atomic E-state index is 14.0. The number of hydrogen-bond acceptors (Lipinski definition) is 8. The molecule has 3 aromatic carbocycles. The Kier molecular flexibility index (Phi) is 10.4. The fourth-order valence-corrected chi connectivity index (χ4v) is 6.74. The fraction of sp³-hybridized carbons (Fsp3) is 0.176. The van der Waals surface area contributed by atoms with E-state index in [1.807, 2.05) is 23.0 Å². The number of benzene rings is 3. The average molecular weight is 670 g/mol. The number of carboxylic acid groups (broad SMARTS) is 1. The molecule has 1 atom stereocenters. The highest BCUT2D eigenvalue weighted by Crippen LogP contribution is 2.30. The molecule has 13 heteroatoms. The molecule has 47 heavy (non-hydrogen) atoms. The lowest BCUT2D eigenvalue weighted by atomic mass is 10.1. The fourth-order valence-electron chi connectivity index (χ4n) is 4.81. The predicted molar refractivity (Wildman–Crippen MR) is 178 cm³/mol. The summed E-state index contributed by atoms with van der Waals surface area (Å²) in [5.41, 5.74) is 3.11. The second-order valence-electron chi connectivity index (χ2n) is 10.5. The number of carbonyl (C=O) groups excluding carboxylic acids is 1. The molecule has 1 amide bonds. The maximum Gasteiger partial charge on any atom is 0.326 e. The van der Waals surface area contributed by atoms with Gasteiger partial charge in [0, 0.05) is 18.3 Å². The minimum absolute atomic E-state index is 0.0147. The third kappa shape index (κ3) is 7.92. The van der Waals surface area contributed by atoms with Gasteiger partial charge in [-0.3, -0.25) is 9.10 Å². The number of sulfonamides is 1. The molecule has 0 aliphatic heterocycles. The highest BCUT2D eigenvalue weighted by Gasteiger charge is 2.27. The third-order valence-corrected chi connectivity index (χ3v) is 9.79. The highest BCUT2D eigenvalue weighted by molar-refractivity contribution is 7.98. The summed E-state index contributed by atoms with van der Waals surface area (Å²) in [7, 11) is -4.01. The van der Waals surface area contributed by atoms with Crippen molar-refractivity contribution in [2.24, 2.45) is 0 Å². The molecule has 2 aromatic heterocycles. The van der Waals surface area contributed by atoms with Gasteiger partial charge in [0.05, 0.1) is 40.8 Å². The van der Waals surface area contributed by atoms with Crippen LogP contribution in [-0.4, -0.2) is 53.0 Å². The van der Waals surface area contributed by atoms with E-state index in [2.05, 4.69) is 16.4 Å². The van der Waals surface area contributed by atoms with Crippen LogP contribution in [0.2, 0.25) is 0 Å². The normalized spacial score (nSPS) is 11.8. The van der Waals surface area contributed by atoms with Gasteiger partial charge in [0.1, 0.15) is 11.8 Å². The quantitative estimate of drug-likeness (QED) is 0.158. The summed E-state index contributed by atoms with van der Waals surface area (Å²) in [6, 6.07) is 26.1. The number of imidazole rings is 1. The zero-order valence-corrected chi connectivity index (χ0v) is 26.9. The Morgan fingerprint density at radius 2 is 1.77 bits per heavy atom. The van der Waals surface area contributed by atoms with Gasteiger partial charge in [-0.1, -0.05) is 30.3 Å². The van der Waals surface area contributed by atoms with Gasteiger partial charge in [-0.2, -0.15) is 17.0 Å². The monoisotopic (exact) mass is 669 g/mol. The summed E-state index contributed by atoms with van der Waals surface area (Å²) in [5.74, 6) is -0.871. The molecule has 0 fully saturated rings. The first-order valence-corrected chi connectivity index (χ1v) is 17.3. The molecule has 5 aromatic rings. The second-order valence-corrected chi connectivity index (χ2v) is 13.4. The maximum absolute atomic E-state index is 14.0. The molecule has 0 bridgehead atoms. The smallest absolute Gasteiger partial charge is 0.326 e. The molecule has 11 nitrogen and oxygen atoms in total. The molecule has 0 spiro atoms. The third-order valence-electron chi connectivity index (χ3n) is 7.35. The molecular formula is C34H31N5O6S2. The summed E-state index contributed by atoms with van der Waals surface area (Å²) < 4.78 is 36.9. The number of aromatic nitrogens is 2. The number of hydrogen-bond donors (Lipinski definition) is 2. The lowest BCUT2D eigenvalue weighted by molar-refractivity contribution is -0.139. The minimum atomic E-state index is -4.01. The van der Waals surface area contributed by atoms with Gasteiger partial charge in [0.25, 0.3) is 15.9 Å². The van der Waals surface area contributed by atoms with Crippen molar-refractivity contribution in [1.29, 1.82) is 5.26 Å². The van der Waals surface area contributed by atoms with Crippen LogP contribution in [0.3, 0.4) is 0 Å². The molecule has 2 heterocycles. The molecule has 0 saturated carbocycles. The molecular weight excluding hydrogens is 639 g/mol. The Hall–Kier alpha value is -5.32. The molecule has 0 radical (unpaired) electrons. The number of amides is 1. The zero-order valence-electron chi connectivity index (χ0n) is 25.3. The van der Waals surface area contributed by atoms with Crippen LogP contribution in [-0.2, 0) is 27.9 Å². The standard InChI is InChI=1S/C34H31N5O6S2/c1-46-18-17-30(34(41)42)37-33(40)32-16-15-31(45-32)26-11-13-27(14-12-26)39(47(43,44)29-5-3-2-4-6-29)22-28-20-36-23-38(28)21-25-9-7-24(19-35)8-10-25/h2-16,20,23,30H,17-18,21-22H2,1H3,(H,37,40)(H,41,42)/t30-/m0/s1. The molecule has 240 valence electrons. The Labute approximate surface area is 276 Å². The van der Waals surface area contributed by atoms with Crippen LogP contribution in [0.15, 0.2) is 113 Å². The second kappa shape index (κ2) is 14.8. The molecule has 5 rings (SSSR count). The zero-order chi connectivity index (χ0) is 33.4. The Balaban J connectivity index is 1.40. The minimum Gasteiger partial charge on any atom is -0.480 e. The molecule has 0 aliphatic carbocycles. The summed E-state index contributed by atoms with van der Waals surface area (Å²) in [6.07, 6.45) is 5.39. The first-order valence-electron chi connectivity index (χ1n) is 14.5. The van der Waals surface area contributed by atoms with Crippen molar-refractivity contribution in [1.82, 2.24) is 14.9 Å². The molecule has 0 saturated heterocycles. The van der Waals surface area contributed by atoms with Crippen molar-refractivity contribution in [3.63, 3.8) is 0 Å². The van der Waals surface area contributed by atoms with Gasteiger partial charge in [-0.05, 0) is 84.7 Å². The van der Waals surface area contributed by atoms with Crippen molar-refractivity contribution in [2.75, 3.05) is 16.3 Å². The number of nitrogens with zero attached hydrogens (tertiary/aromatic N) is 4. The number of nitrogens with one attached hydrogen (secondary N) is 1. The summed E-state index contributed by atoms with van der Waals surface area (Å²) in [4.78, 5) is 28.7. The van der Waals surface area contributed by atoms with Crippen molar-refractivity contribution in [2.45, 2.75) is 30.4 Å². The van der Waals surface area contributed by atoms with E-state index in [1.165, 1.54) is 34.3 Å². The van der Waals surface area contributed by atoms with E-state index in [9.17, 15) is 23.1 Å². The molecule has 0 aliphatic rings. The van der Waals surface area contributed by atoms with Crippen LogP contribution in [0.1, 0.15) is 33.8 Å². The average Bonchev–Trinajstić information content (AvgIpc) is 3.76. The van der Waals surface area contributed by atoms with E-state index in [4.69, 9.17) is 9.68 Å². The highest BCUT2D eigenvalue weighted by atomic mass is 32.2. The predicted octanol–water partition coefficient (Wildman–Crippen LogP) is 5.39. The largest absolute Gasteiger partial charge is 0.480 e. The lowest BCUT2D eigenvalue weighted by Gasteiger charge is -2.25. The van der Waals surface area contributed by atoms with Crippen LogP contribution in [0.25, 0.3) is 11.3 Å². The summed E-state index contributed by atoms with van der Waals surface area (Å²) in [5, 5.41) is 21.1. The van der Waals surface area contributed by atoms with Gasteiger partial charge in [0.2, 0.25) is 0 Å². The Morgan fingerprint density at radius 3 is 2.43 bits per heavy atom. The van der Waals surface area contributed by atoms with Gasteiger partial charge >= 0.3 is 5.97 Å². The van der Waals surface area contributed by atoms with Gasteiger partial charge in [-0.15, -0.1) is 0 Å². The van der Waals surface area contributed by atoms with Crippen molar-refractivity contribution < 1.29 is 27.5 Å². The Morgan fingerprint density at radius 1 is 1.04 bits per heavy atom. The lowest BCUT2D eigenvalue weighted by Crippen LogP contribution is -2.41. The first kappa shape index (κ1) is 33.1. The van der Waals surface area contributed by atoms with Crippen LogP contribution in [0, 0.1) is 11.3 Å². The Bertz CT molecular complexity index is 1980. The number of carbonyl (C=O) groups is 2.